The van der Waals surface area contributed by atoms with E-state index < -0.39 is 5.97 Å². The first-order valence-electron chi connectivity index (χ1n) is 6.83. The Kier molecular flexibility index (Phi) is 5.27. The second-order valence-corrected chi connectivity index (χ2v) is 4.69. The lowest BCUT2D eigenvalue weighted by Gasteiger charge is -2.16. The molecule has 22 heavy (non-hydrogen) atoms. The zero-order valence-corrected chi connectivity index (χ0v) is 12.1. The van der Waals surface area contributed by atoms with Gasteiger partial charge in [0.1, 0.15) is 17.5 Å². The number of pyridine rings is 1. The molecule has 1 unspecified atom stereocenters. The van der Waals surface area contributed by atoms with Gasteiger partial charge >= 0.3 is 5.97 Å². The highest BCUT2D eigenvalue weighted by Gasteiger charge is 2.11. The average Bonchev–Trinajstić information content (AvgIpc) is 2.54. The lowest BCUT2D eigenvalue weighted by Crippen LogP contribution is -2.05. The summed E-state index contributed by atoms with van der Waals surface area (Å²) in [6, 6.07) is 13.0. The van der Waals surface area contributed by atoms with E-state index in [0.29, 0.717) is 17.1 Å². The number of aliphatic carboxylic acids is 1. The molecule has 0 aliphatic rings. The maximum absolute atomic E-state index is 10.7. The zero-order valence-electron chi connectivity index (χ0n) is 12.1. The summed E-state index contributed by atoms with van der Waals surface area (Å²) in [5.74, 6) is -0.607. The van der Waals surface area contributed by atoms with Crippen molar-refractivity contribution < 1.29 is 19.7 Å². The summed E-state index contributed by atoms with van der Waals surface area (Å²) in [4.78, 5) is 14.9. The summed E-state index contributed by atoms with van der Waals surface area (Å²) in [7, 11) is 0. The Hall–Kier alpha value is -2.66. The first-order chi connectivity index (χ1) is 10.6. The summed E-state index contributed by atoms with van der Waals surface area (Å²) in [6.45, 7) is 1.68. The highest BCUT2D eigenvalue weighted by Crippen LogP contribution is 2.25. The fraction of sp³-hybridized carbons (Fsp3) is 0.176. The largest absolute Gasteiger partial charge is 0.484 e. The molecule has 114 valence electrons. The van der Waals surface area contributed by atoms with Crippen LogP contribution in [0.2, 0.25) is 0 Å². The molecule has 1 heterocycles. The molecule has 1 atom stereocenters. The lowest BCUT2D eigenvalue weighted by molar-refractivity contribution is -0.131. The number of aliphatic hydroxyl groups excluding tert-OH is 1. The van der Waals surface area contributed by atoms with Crippen molar-refractivity contribution in [2.75, 3.05) is 0 Å². The molecule has 0 spiro atoms. The van der Waals surface area contributed by atoms with Crippen LogP contribution in [0.3, 0.4) is 0 Å². The number of carboxylic acids is 1. The molecule has 0 fully saturated rings. The van der Waals surface area contributed by atoms with Crippen LogP contribution >= 0.6 is 0 Å². The summed E-state index contributed by atoms with van der Waals surface area (Å²) in [6.07, 6.45) is 2.14. The Balaban J connectivity index is 2.27. The number of carboxylic acid groups (broad SMARTS) is 1. The first kappa shape index (κ1) is 15.7. The average molecular weight is 299 g/mol. The number of benzene rings is 1. The fourth-order valence-corrected chi connectivity index (χ4v) is 1.94. The van der Waals surface area contributed by atoms with Gasteiger partial charge in [0.2, 0.25) is 0 Å². The molecule has 5 nitrogen and oxygen atoms in total. The third-order valence-electron chi connectivity index (χ3n) is 3.06. The van der Waals surface area contributed by atoms with Crippen molar-refractivity contribution in [1.82, 2.24) is 4.98 Å². The summed E-state index contributed by atoms with van der Waals surface area (Å²) >= 11 is 0. The number of carbonyl (C=O) groups is 1. The molecule has 0 saturated carbocycles. The second kappa shape index (κ2) is 7.38. The molecule has 2 N–H and O–H groups in total. The molecule has 0 aliphatic heterocycles. The van der Waals surface area contributed by atoms with Crippen molar-refractivity contribution >= 4 is 12.0 Å². The smallest absolute Gasteiger partial charge is 0.328 e. The van der Waals surface area contributed by atoms with Gasteiger partial charge in [-0.3, -0.25) is 0 Å². The minimum absolute atomic E-state index is 0.208. The molecule has 1 aromatic heterocycles. The molecule has 1 aromatic carbocycles. The van der Waals surface area contributed by atoms with Gasteiger partial charge in [0.15, 0.2) is 0 Å². The predicted octanol–water partition coefficient (Wildman–Crippen LogP) is 2.81. The van der Waals surface area contributed by atoms with Crippen LogP contribution in [-0.2, 0) is 11.4 Å². The van der Waals surface area contributed by atoms with Crippen molar-refractivity contribution in [1.29, 1.82) is 0 Å². The van der Waals surface area contributed by atoms with Gasteiger partial charge in [-0.15, -0.1) is 0 Å². The standard InChI is InChI=1S/C17H17NO4/c1-12(13-5-3-2-4-6-13)22-16-9-7-14(11-19)18-15(16)8-10-17(20)21/h2-10,12,19H,11H2,1H3,(H,20,21)/b10-8+. The van der Waals surface area contributed by atoms with Crippen molar-refractivity contribution in [3.63, 3.8) is 0 Å². The van der Waals surface area contributed by atoms with Crippen LogP contribution < -0.4 is 4.74 Å². The molecule has 5 heteroatoms. The lowest BCUT2D eigenvalue weighted by atomic mass is 10.1. The van der Waals surface area contributed by atoms with Gasteiger partial charge in [-0.05, 0) is 30.7 Å². The maximum atomic E-state index is 10.7. The summed E-state index contributed by atoms with van der Waals surface area (Å²) in [5, 5.41) is 17.9. The Morgan fingerprint density at radius 1 is 1.27 bits per heavy atom. The highest BCUT2D eigenvalue weighted by molar-refractivity contribution is 5.85. The van der Waals surface area contributed by atoms with Crippen molar-refractivity contribution in [2.24, 2.45) is 0 Å². The normalized spacial score (nSPS) is 12.3. The predicted molar refractivity (Wildman–Crippen MR) is 82.3 cm³/mol. The van der Waals surface area contributed by atoms with Gasteiger partial charge in [-0.2, -0.15) is 0 Å². The number of aliphatic hydroxyl groups is 1. The Bertz CT molecular complexity index is 668. The second-order valence-electron chi connectivity index (χ2n) is 4.69. The van der Waals surface area contributed by atoms with Crippen LogP contribution in [0, 0.1) is 0 Å². The van der Waals surface area contributed by atoms with E-state index in [9.17, 15) is 4.79 Å². The SMILES string of the molecule is CC(Oc1ccc(CO)nc1/C=C/C(=O)O)c1ccccc1. The van der Waals surface area contributed by atoms with Gasteiger partial charge in [0.05, 0.1) is 12.3 Å². The number of ether oxygens (including phenoxy) is 1. The van der Waals surface area contributed by atoms with Crippen molar-refractivity contribution in [2.45, 2.75) is 19.6 Å². The summed E-state index contributed by atoms with van der Waals surface area (Å²) in [5.41, 5.74) is 1.82. The molecular formula is C17H17NO4. The van der Waals surface area contributed by atoms with E-state index in [1.54, 1.807) is 12.1 Å². The first-order valence-corrected chi connectivity index (χ1v) is 6.83. The molecule has 2 aromatic rings. The third-order valence-corrected chi connectivity index (χ3v) is 3.06. The Morgan fingerprint density at radius 2 is 2.00 bits per heavy atom. The highest BCUT2D eigenvalue weighted by atomic mass is 16.5. The molecule has 0 amide bonds. The van der Waals surface area contributed by atoms with E-state index in [-0.39, 0.29) is 12.7 Å². The maximum Gasteiger partial charge on any atom is 0.328 e. The van der Waals surface area contributed by atoms with Crippen LogP contribution in [-0.4, -0.2) is 21.2 Å². The van der Waals surface area contributed by atoms with E-state index in [1.165, 1.54) is 6.08 Å². The third kappa shape index (κ3) is 4.17. The number of nitrogens with zero attached hydrogens (tertiary/aromatic N) is 1. The molecule has 2 rings (SSSR count). The van der Waals surface area contributed by atoms with Gasteiger partial charge in [0, 0.05) is 6.08 Å². The van der Waals surface area contributed by atoms with Crippen LogP contribution in [0.4, 0.5) is 0 Å². The Labute approximate surface area is 128 Å². The molecule has 0 saturated heterocycles. The number of aromatic nitrogens is 1. The molecule has 0 radical (unpaired) electrons. The van der Waals surface area contributed by atoms with Crippen molar-refractivity contribution in [3.05, 3.63) is 65.5 Å². The number of hydrogen-bond donors (Lipinski definition) is 2. The van der Waals surface area contributed by atoms with E-state index >= 15 is 0 Å². The molecular weight excluding hydrogens is 282 g/mol. The quantitative estimate of drug-likeness (QED) is 0.802. The van der Waals surface area contributed by atoms with Crippen molar-refractivity contribution in [3.8, 4) is 5.75 Å². The van der Waals surface area contributed by atoms with Gasteiger partial charge in [-0.25, -0.2) is 9.78 Å². The van der Waals surface area contributed by atoms with E-state index in [0.717, 1.165) is 11.6 Å². The topological polar surface area (TPSA) is 79.7 Å². The molecule has 0 aliphatic carbocycles. The summed E-state index contributed by atoms with van der Waals surface area (Å²) < 4.78 is 5.88. The molecule has 0 bridgehead atoms. The Morgan fingerprint density at radius 3 is 2.64 bits per heavy atom. The van der Waals surface area contributed by atoms with Crippen LogP contribution in [0.15, 0.2) is 48.5 Å². The van der Waals surface area contributed by atoms with Gasteiger partial charge in [0.25, 0.3) is 0 Å². The van der Waals surface area contributed by atoms with Crippen LogP contribution in [0.25, 0.3) is 6.08 Å². The van der Waals surface area contributed by atoms with E-state index in [2.05, 4.69) is 4.98 Å². The minimum atomic E-state index is -1.07. The number of rotatable bonds is 6. The van der Waals surface area contributed by atoms with E-state index in [4.69, 9.17) is 14.9 Å². The van der Waals surface area contributed by atoms with Crippen LogP contribution in [0.5, 0.6) is 5.75 Å². The zero-order chi connectivity index (χ0) is 15.9. The van der Waals surface area contributed by atoms with Crippen LogP contribution in [0.1, 0.15) is 30.0 Å². The van der Waals surface area contributed by atoms with Gasteiger partial charge < -0.3 is 14.9 Å². The number of hydrogen-bond acceptors (Lipinski definition) is 4. The van der Waals surface area contributed by atoms with E-state index in [1.807, 2.05) is 37.3 Å². The van der Waals surface area contributed by atoms with Gasteiger partial charge in [-0.1, -0.05) is 30.3 Å². The monoisotopic (exact) mass is 299 g/mol. The fourth-order valence-electron chi connectivity index (χ4n) is 1.94. The minimum Gasteiger partial charge on any atom is -0.484 e.